The largest absolute Gasteiger partial charge is 0.493 e. The molecule has 7 heteroatoms. The van der Waals surface area contributed by atoms with Crippen molar-refractivity contribution in [3.63, 3.8) is 0 Å². The van der Waals surface area contributed by atoms with Crippen LogP contribution in [-0.2, 0) is 29.0 Å². The molecule has 0 bridgehead atoms. The third-order valence-electron chi connectivity index (χ3n) is 5.94. The quantitative estimate of drug-likeness (QED) is 0.371. The molecule has 0 saturated heterocycles. The zero-order valence-corrected chi connectivity index (χ0v) is 21.8. The lowest BCUT2D eigenvalue weighted by atomic mass is 10.0. The van der Waals surface area contributed by atoms with Gasteiger partial charge in [-0.2, -0.15) is 0 Å². The molecule has 190 valence electrons. The number of hydrogen-bond donors (Lipinski definition) is 1. The summed E-state index contributed by atoms with van der Waals surface area (Å²) in [5, 5.41) is 3.50. The van der Waals surface area contributed by atoms with Crippen molar-refractivity contribution in [1.82, 2.24) is 10.2 Å². The van der Waals surface area contributed by atoms with Gasteiger partial charge in [0.1, 0.15) is 6.04 Å². The Morgan fingerprint density at radius 2 is 1.61 bits per heavy atom. The molecule has 0 aliphatic carbocycles. The minimum Gasteiger partial charge on any atom is -0.493 e. The van der Waals surface area contributed by atoms with Crippen LogP contribution in [0.25, 0.3) is 0 Å². The van der Waals surface area contributed by atoms with Crippen molar-refractivity contribution in [2.45, 2.75) is 38.8 Å². The summed E-state index contributed by atoms with van der Waals surface area (Å²) in [5.74, 6) is 0.955. The van der Waals surface area contributed by atoms with Gasteiger partial charge in [-0.05, 0) is 54.3 Å². The number of carbonyl (C=O) groups excluding carboxylic acids is 2. The van der Waals surface area contributed by atoms with E-state index < -0.39 is 6.04 Å². The Morgan fingerprint density at radius 3 is 2.28 bits per heavy atom. The van der Waals surface area contributed by atoms with E-state index in [9.17, 15) is 9.59 Å². The molecule has 3 rings (SSSR count). The third-order valence-corrected chi connectivity index (χ3v) is 6.17. The zero-order chi connectivity index (χ0) is 25.9. The number of methoxy groups -OCH3 is 2. The Morgan fingerprint density at radius 1 is 0.889 bits per heavy atom. The number of nitrogens with zero attached hydrogens (tertiary/aromatic N) is 1. The Hall–Kier alpha value is -3.51. The van der Waals surface area contributed by atoms with Gasteiger partial charge in [0.05, 0.1) is 14.2 Å². The average molecular weight is 509 g/mol. The monoisotopic (exact) mass is 508 g/mol. The maximum absolute atomic E-state index is 13.7. The van der Waals surface area contributed by atoms with Crippen LogP contribution in [0.1, 0.15) is 30.0 Å². The van der Waals surface area contributed by atoms with Gasteiger partial charge in [-0.1, -0.05) is 60.1 Å². The molecule has 2 amide bonds. The lowest BCUT2D eigenvalue weighted by molar-refractivity contribution is -0.141. The molecule has 3 aromatic rings. The highest BCUT2D eigenvalue weighted by Crippen LogP contribution is 2.28. The molecular formula is C29H33ClN2O4. The van der Waals surface area contributed by atoms with Crippen molar-refractivity contribution >= 4 is 23.4 Å². The number of amides is 2. The molecule has 1 atom stereocenters. The smallest absolute Gasteiger partial charge is 0.243 e. The number of halogens is 1. The van der Waals surface area contributed by atoms with E-state index >= 15 is 0 Å². The second-order valence-corrected chi connectivity index (χ2v) is 8.88. The summed E-state index contributed by atoms with van der Waals surface area (Å²) in [5.41, 5.74) is 2.79. The maximum Gasteiger partial charge on any atom is 0.243 e. The van der Waals surface area contributed by atoms with E-state index in [0.717, 1.165) is 16.7 Å². The minimum atomic E-state index is -0.663. The Balaban J connectivity index is 1.88. The van der Waals surface area contributed by atoms with Crippen molar-refractivity contribution in [2.24, 2.45) is 0 Å². The predicted molar refractivity (Wildman–Crippen MR) is 142 cm³/mol. The van der Waals surface area contributed by atoms with E-state index in [2.05, 4.69) is 5.32 Å². The number of rotatable bonds is 12. The molecular weight excluding hydrogens is 476 g/mol. The van der Waals surface area contributed by atoms with Crippen LogP contribution >= 0.6 is 11.6 Å². The van der Waals surface area contributed by atoms with Crippen LogP contribution in [0.15, 0.2) is 72.8 Å². The molecule has 0 unspecified atom stereocenters. The van der Waals surface area contributed by atoms with Crippen molar-refractivity contribution in [1.29, 1.82) is 0 Å². The van der Waals surface area contributed by atoms with E-state index in [1.807, 2.05) is 73.7 Å². The standard InChI is InChI=1S/C29H33ClN2O4/c1-4-31-29(34)25(18-21-9-6-5-7-10-21)32(20-23-11-8-12-24(30)17-23)28(33)16-14-22-13-15-26(35-2)27(19-22)36-3/h5-13,15,17,19,25H,4,14,16,18,20H2,1-3H3,(H,31,34)/t25-/m1/s1. The lowest BCUT2D eigenvalue weighted by Crippen LogP contribution is -2.50. The van der Waals surface area contributed by atoms with Crippen LogP contribution in [0.5, 0.6) is 11.5 Å². The fourth-order valence-corrected chi connectivity index (χ4v) is 4.32. The number of ether oxygens (including phenoxy) is 2. The van der Waals surface area contributed by atoms with Gasteiger partial charge < -0.3 is 19.7 Å². The summed E-state index contributed by atoms with van der Waals surface area (Å²) in [6.45, 7) is 2.63. The molecule has 0 radical (unpaired) electrons. The average Bonchev–Trinajstić information content (AvgIpc) is 2.89. The van der Waals surface area contributed by atoms with Crippen molar-refractivity contribution in [2.75, 3.05) is 20.8 Å². The fraction of sp³-hybridized carbons (Fsp3) is 0.310. The van der Waals surface area contributed by atoms with Gasteiger partial charge >= 0.3 is 0 Å². The Kier molecular flexibility index (Phi) is 10.2. The highest BCUT2D eigenvalue weighted by Gasteiger charge is 2.30. The highest BCUT2D eigenvalue weighted by molar-refractivity contribution is 6.30. The normalized spacial score (nSPS) is 11.4. The third kappa shape index (κ3) is 7.49. The number of nitrogens with one attached hydrogen (secondary N) is 1. The van der Waals surface area contributed by atoms with E-state index in [1.165, 1.54) is 0 Å². The molecule has 36 heavy (non-hydrogen) atoms. The van der Waals surface area contributed by atoms with Crippen molar-refractivity contribution < 1.29 is 19.1 Å². The van der Waals surface area contributed by atoms with Gasteiger partial charge in [-0.15, -0.1) is 0 Å². The Labute approximate surface area is 218 Å². The summed E-state index contributed by atoms with van der Waals surface area (Å²) >= 11 is 6.22. The van der Waals surface area contributed by atoms with Crippen LogP contribution in [-0.4, -0.2) is 43.5 Å². The number of hydrogen-bond acceptors (Lipinski definition) is 4. The minimum absolute atomic E-state index is 0.114. The van der Waals surface area contributed by atoms with E-state index in [-0.39, 0.29) is 24.8 Å². The fourth-order valence-electron chi connectivity index (χ4n) is 4.11. The summed E-state index contributed by atoms with van der Waals surface area (Å²) in [4.78, 5) is 28.6. The summed E-state index contributed by atoms with van der Waals surface area (Å²) in [6.07, 6.45) is 1.15. The first-order valence-corrected chi connectivity index (χ1v) is 12.4. The number of benzene rings is 3. The van der Waals surface area contributed by atoms with Crippen LogP contribution < -0.4 is 14.8 Å². The maximum atomic E-state index is 13.7. The molecule has 6 nitrogen and oxygen atoms in total. The van der Waals surface area contributed by atoms with Gasteiger partial charge in [0.25, 0.3) is 0 Å². The zero-order valence-electron chi connectivity index (χ0n) is 21.0. The van der Waals surface area contributed by atoms with Crippen LogP contribution in [0.2, 0.25) is 5.02 Å². The molecule has 3 aromatic carbocycles. The second-order valence-electron chi connectivity index (χ2n) is 8.44. The first kappa shape index (κ1) is 27.1. The molecule has 0 aromatic heterocycles. The number of carbonyl (C=O) groups is 2. The SMILES string of the molecule is CCNC(=O)[C@@H](Cc1ccccc1)N(Cc1cccc(Cl)c1)C(=O)CCc1ccc(OC)c(OC)c1. The highest BCUT2D eigenvalue weighted by atomic mass is 35.5. The van der Waals surface area contributed by atoms with Crippen molar-refractivity contribution in [3.8, 4) is 11.5 Å². The number of likely N-dealkylation sites (N-methyl/N-ethyl adjacent to an activating group) is 1. The first-order valence-electron chi connectivity index (χ1n) is 12.0. The van der Waals surface area contributed by atoms with Gasteiger partial charge in [-0.25, -0.2) is 0 Å². The van der Waals surface area contributed by atoms with Gasteiger partial charge in [0, 0.05) is 31.0 Å². The number of aryl methyl sites for hydroxylation is 1. The molecule has 0 saturated carbocycles. The van der Waals surface area contributed by atoms with Gasteiger partial charge in [-0.3, -0.25) is 9.59 Å². The second kappa shape index (κ2) is 13.5. The van der Waals surface area contributed by atoms with E-state index in [1.54, 1.807) is 25.2 Å². The first-order chi connectivity index (χ1) is 17.4. The predicted octanol–water partition coefficient (Wildman–Crippen LogP) is 5.07. The molecule has 0 heterocycles. The Bertz CT molecular complexity index is 1150. The van der Waals surface area contributed by atoms with Crippen LogP contribution in [0, 0.1) is 0 Å². The van der Waals surface area contributed by atoms with Gasteiger partial charge in [0.15, 0.2) is 11.5 Å². The molecule has 1 N–H and O–H groups in total. The van der Waals surface area contributed by atoms with E-state index in [0.29, 0.717) is 35.9 Å². The summed E-state index contributed by atoms with van der Waals surface area (Å²) in [7, 11) is 3.17. The van der Waals surface area contributed by atoms with Crippen LogP contribution in [0.4, 0.5) is 0 Å². The van der Waals surface area contributed by atoms with E-state index in [4.69, 9.17) is 21.1 Å². The van der Waals surface area contributed by atoms with Crippen molar-refractivity contribution in [3.05, 3.63) is 94.5 Å². The summed E-state index contributed by atoms with van der Waals surface area (Å²) in [6, 6.07) is 22.1. The molecule has 0 spiro atoms. The molecule has 0 fully saturated rings. The molecule has 0 aliphatic rings. The summed E-state index contributed by atoms with van der Waals surface area (Å²) < 4.78 is 10.7. The molecule has 0 aliphatic heterocycles. The lowest BCUT2D eigenvalue weighted by Gasteiger charge is -2.31. The van der Waals surface area contributed by atoms with Gasteiger partial charge in [0.2, 0.25) is 11.8 Å². The van der Waals surface area contributed by atoms with Crippen LogP contribution in [0.3, 0.4) is 0 Å². The topological polar surface area (TPSA) is 67.9 Å².